The van der Waals surface area contributed by atoms with Crippen LogP contribution in [0, 0.1) is 0 Å². The number of rotatable bonds is 4. The molecular weight excluding hydrogens is 222 g/mol. The summed E-state index contributed by atoms with van der Waals surface area (Å²) in [4.78, 5) is 26.8. The fraction of sp³-hybridized carbons (Fsp3) is 0.300. The van der Waals surface area contributed by atoms with Crippen molar-refractivity contribution in [3.8, 4) is 0 Å². The smallest absolute Gasteiger partial charge is 0.252 e. The van der Waals surface area contributed by atoms with Gasteiger partial charge in [0.15, 0.2) is 0 Å². The molecule has 17 heavy (non-hydrogen) atoms. The third-order valence-corrected chi connectivity index (χ3v) is 2.21. The summed E-state index contributed by atoms with van der Waals surface area (Å²) in [7, 11) is 0. The zero-order valence-corrected chi connectivity index (χ0v) is 9.65. The Labute approximate surface area is 98.5 Å². The maximum atomic E-state index is 11.8. The van der Waals surface area contributed by atoms with Gasteiger partial charge in [-0.2, -0.15) is 0 Å². The third kappa shape index (κ3) is 3.15. The van der Waals surface area contributed by atoms with E-state index in [2.05, 4.69) is 15.7 Å². The fourth-order valence-electron chi connectivity index (χ4n) is 1.07. The molecule has 0 aliphatic heterocycles. The number of amides is 2. The van der Waals surface area contributed by atoms with E-state index in [0.29, 0.717) is 11.4 Å². The highest BCUT2D eigenvalue weighted by Gasteiger charge is 2.27. The van der Waals surface area contributed by atoms with Crippen molar-refractivity contribution in [1.82, 2.24) is 10.3 Å². The Hall–Kier alpha value is -2.15. The summed E-state index contributed by atoms with van der Waals surface area (Å²) in [6.45, 7) is 3.05. The van der Waals surface area contributed by atoms with Gasteiger partial charge in [0.2, 0.25) is 5.91 Å². The predicted molar refractivity (Wildman–Crippen MR) is 62.8 cm³/mol. The number of hydrazine groups is 1. The second kappa shape index (κ2) is 4.79. The number of nitrogens with zero attached hydrogens (tertiary/aromatic N) is 1. The van der Waals surface area contributed by atoms with Crippen LogP contribution in [0.2, 0.25) is 0 Å². The predicted octanol–water partition coefficient (Wildman–Crippen LogP) is -0.639. The monoisotopic (exact) mass is 237 g/mol. The Morgan fingerprint density at radius 2 is 2.06 bits per heavy atom. The molecule has 0 aromatic carbocycles. The zero-order chi connectivity index (χ0) is 13.1. The van der Waals surface area contributed by atoms with E-state index in [9.17, 15) is 9.59 Å². The molecule has 0 atom stereocenters. The zero-order valence-electron chi connectivity index (χ0n) is 9.65. The van der Waals surface area contributed by atoms with Gasteiger partial charge in [-0.15, -0.1) is 0 Å². The van der Waals surface area contributed by atoms with E-state index in [-0.39, 0.29) is 0 Å². The van der Waals surface area contributed by atoms with Crippen LogP contribution in [-0.4, -0.2) is 22.3 Å². The Bertz CT molecular complexity index is 444. The van der Waals surface area contributed by atoms with Gasteiger partial charge in [-0.05, 0) is 26.0 Å². The first-order valence-electron chi connectivity index (χ1n) is 4.92. The van der Waals surface area contributed by atoms with E-state index >= 15 is 0 Å². The maximum Gasteiger partial charge on any atom is 0.252 e. The molecule has 0 saturated heterocycles. The number of primary amides is 1. The summed E-state index contributed by atoms with van der Waals surface area (Å²) < 4.78 is 0. The van der Waals surface area contributed by atoms with Crippen molar-refractivity contribution in [2.45, 2.75) is 19.4 Å². The molecule has 7 nitrogen and oxygen atoms in total. The minimum atomic E-state index is -1.11. The number of pyridine rings is 1. The van der Waals surface area contributed by atoms with Crippen LogP contribution in [0.3, 0.4) is 0 Å². The first-order chi connectivity index (χ1) is 7.86. The Morgan fingerprint density at radius 1 is 1.41 bits per heavy atom. The summed E-state index contributed by atoms with van der Waals surface area (Å²) in [5.74, 6) is 4.49. The molecule has 0 bridgehead atoms. The normalized spacial score (nSPS) is 10.8. The number of carbonyl (C=O) groups excluding carboxylic acids is 2. The first-order valence-corrected chi connectivity index (χ1v) is 4.92. The van der Waals surface area contributed by atoms with Crippen molar-refractivity contribution in [1.29, 1.82) is 0 Å². The lowest BCUT2D eigenvalue weighted by molar-refractivity contribution is -0.122. The summed E-state index contributed by atoms with van der Waals surface area (Å²) in [6.07, 6.45) is 1.43. The van der Waals surface area contributed by atoms with Gasteiger partial charge in [-0.1, -0.05) is 0 Å². The van der Waals surface area contributed by atoms with Gasteiger partial charge in [0.05, 0.1) is 0 Å². The molecule has 0 aliphatic rings. The lowest BCUT2D eigenvalue weighted by Crippen LogP contribution is -2.53. The molecule has 1 heterocycles. The highest BCUT2D eigenvalue weighted by molar-refractivity contribution is 5.98. The number of nitrogens with two attached hydrogens (primary N) is 2. The van der Waals surface area contributed by atoms with Gasteiger partial charge < -0.3 is 16.5 Å². The van der Waals surface area contributed by atoms with Crippen LogP contribution in [0.25, 0.3) is 0 Å². The quantitative estimate of drug-likeness (QED) is 0.409. The SMILES string of the molecule is CC(C)(NC(=O)c1ccnc(NN)c1)C(N)=O. The number of nitrogens with one attached hydrogen (secondary N) is 2. The van der Waals surface area contributed by atoms with Crippen LogP contribution >= 0.6 is 0 Å². The fourth-order valence-corrected chi connectivity index (χ4v) is 1.07. The van der Waals surface area contributed by atoms with Crippen LogP contribution in [-0.2, 0) is 4.79 Å². The van der Waals surface area contributed by atoms with E-state index in [1.54, 1.807) is 0 Å². The van der Waals surface area contributed by atoms with Crippen LogP contribution in [0.4, 0.5) is 5.82 Å². The summed E-state index contributed by atoms with van der Waals surface area (Å²) in [5, 5.41) is 2.51. The first kappa shape index (κ1) is 12.9. The number of anilines is 1. The minimum absolute atomic E-state index is 0.335. The van der Waals surface area contributed by atoms with Crippen LogP contribution in [0.1, 0.15) is 24.2 Å². The number of hydrogen-bond acceptors (Lipinski definition) is 5. The maximum absolute atomic E-state index is 11.8. The van der Waals surface area contributed by atoms with Gasteiger partial charge >= 0.3 is 0 Å². The summed E-state index contributed by atoms with van der Waals surface area (Å²) in [6, 6.07) is 2.97. The molecule has 0 radical (unpaired) electrons. The number of nitrogen functional groups attached to an aromatic ring is 1. The standard InChI is InChI=1S/C10H15N5O2/c1-10(2,9(11)17)14-8(16)6-3-4-13-7(5-6)15-12/h3-5H,12H2,1-2H3,(H2,11,17)(H,13,15)(H,14,16). The molecule has 0 fully saturated rings. The molecule has 0 unspecified atom stereocenters. The van der Waals surface area contributed by atoms with Crippen LogP contribution in [0.5, 0.6) is 0 Å². The van der Waals surface area contributed by atoms with Crippen LogP contribution in [0.15, 0.2) is 18.3 Å². The average molecular weight is 237 g/mol. The molecular formula is C10H15N5O2. The van der Waals surface area contributed by atoms with Crippen molar-refractivity contribution < 1.29 is 9.59 Å². The van der Waals surface area contributed by atoms with Crippen molar-refractivity contribution >= 4 is 17.6 Å². The Kier molecular flexibility index (Phi) is 3.64. The van der Waals surface area contributed by atoms with E-state index in [0.717, 1.165) is 0 Å². The van der Waals surface area contributed by atoms with Crippen molar-refractivity contribution in [3.63, 3.8) is 0 Å². The average Bonchev–Trinajstić information content (AvgIpc) is 2.28. The molecule has 0 aliphatic carbocycles. The van der Waals surface area contributed by atoms with Gasteiger partial charge in [-0.3, -0.25) is 9.59 Å². The molecule has 1 rings (SSSR count). The molecule has 6 N–H and O–H groups in total. The number of carbonyl (C=O) groups is 2. The topological polar surface area (TPSA) is 123 Å². The van der Waals surface area contributed by atoms with Gasteiger partial charge in [0, 0.05) is 11.8 Å². The second-order valence-corrected chi connectivity index (χ2v) is 4.02. The van der Waals surface area contributed by atoms with Crippen LogP contribution < -0.4 is 22.3 Å². The van der Waals surface area contributed by atoms with E-state index in [1.165, 1.54) is 32.2 Å². The van der Waals surface area contributed by atoms with E-state index < -0.39 is 17.4 Å². The summed E-state index contributed by atoms with van der Waals surface area (Å²) in [5.41, 5.74) is 6.70. The second-order valence-electron chi connectivity index (χ2n) is 4.02. The number of hydrogen-bond donors (Lipinski definition) is 4. The molecule has 1 aromatic heterocycles. The lowest BCUT2D eigenvalue weighted by atomic mass is 10.0. The molecule has 7 heteroatoms. The lowest BCUT2D eigenvalue weighted by Gasteiger charge is -2.22. The van der Waals surface area contributed by atoms with E-state index in [1.807, 2.05) is 0 Å². The highest BCUT2D eigenvalue weighted by Crippen LogP contribution is 2.08. The molecule has 92 valence electrons. The Morgan fingerprint density at radius 3 is 2.59 bits per heavy atom. The largest absolute Gasteiger partial charge is 0.368 e. The Balaban J connectivity index is 2.86. The van der Waals surface area contributed by atoms with Crippen molar-refractivity contribution in [2.75, 3.05) is 5.43 Å². The van der Waals surface area contributed by atoms with Crippen molar-refractivity contribution in [3.05, 3.63) is 23.9 Å². The molecule has 2 amide bonds. The van der Waals surface area contributed by atoms with Gasteiger partial charge in [0.1, 0.15) is 11.4 Å². The summed E-state index contributed by atoms with van der Waals surface area (Å²) >= 11 is 0. The van der Waals surface area contributed by atoms with Gasteiger partial charge in [0.25, 0.3) is 5.91 Å². The minimum Gasteiger partial charge on any atom is -0.368 e. The molecule has 1 aromatic rings. The third-order valence-electron chi connectivity index (χ3n) is 2.21. The van der Waals surface area contributed by atoms with Gasteiger partial charge in [-0.25, -0.2) is 10.8 Å². The highest BCUT2D eigenvalue weighted by atomic mass is 16.2. The number of aromatic nitrogens is 1. The molecule has 0 spiro atoms. The molecule has 0 saturated carbocycles. The van der Waals surface area contributed by atoms with Crippen molar-refractivity contribution in [2.24, 2.45) is 11.6 Å². The van der Waals surface area contributed by atoms with E-state index in [4.69, 9.17) is 11.6 Å².